The highest BCUT2D eigenvalue weighted by molar-refractivity contribution is 6.05. The van der Waals surface area contributed by atoms with E-state index in [2.05, 4.69) is 31.3 Å². The van der Waals surface area contributed by atoms with E-state index in [1.807, 2.05) is 55.5 Å². The van der Waals surface area contributed by atoms with Crippen LogP contribution in [0.4, 0.5) is 16.2 Å². The molecule has 0 aliphatic carbocycles. The maximum Gasteiger partial charge on any atom is 0.319 e. The van der Waals surface area contributed by atoms with Gasteiger partial charge >= 0.3 is 6.03 Å². The molecule has 0 bridgehead atoms. The lowest BCUT2D eigenvalue weighted by Crippen LogP contribution is -2.51. The number of tetrazole rings is 1. The van der Waals surface area contributed by atoms with Crippen molar-refractivity contribution in [2.45, 2.75) is 31.7 Å². The predicted octanol–water partition coefficient (Wildman–Crippen LogP) is 2.97. The quantitative estimate of drug-likeness (QED) is 0.291. The van der Waals surface area contributed by atoms with E-state index < -0.39 is 23.9 Å². The largest absolute Gasteiger partial charge is 0.368 e. The van der Waals surface area contributed by atoms with Crippen LogP contribution in [-0.2, 0) is 16.0 Å². The summed E-state index contributed by atoms with van der Waals surface area (Å²) in [5.41, 5.74) is 10.3. The van der Waals surface area contributed by atoms with Gasteiger partial charge in [-0.2, -0.15) is 0 Å². The third-order valence-corrected chi connectivity index (χ3v) is 6.77. The van der Waals surface area contributed by atoms with Crippen molar-refractivity contribution in [1.29, 1.82) is 0 Å². The highest BCUT2D eigenvalue weighted by Gasteiger charge is 2.37. The molecule has 2 unspecified atom stereocenters. The summed E-state index contributed by atoms with van der Waals surface area (Å²) in [5.74, 6) is -0.800. The summed E-state index contributed by atoms with van der Waals surface area (Å²) in [5, 5.41) is 19.3. The Balaban J connectivity index is 1.47. The van der Waals surface area contributed by atoms with Crippen molar-refractivity contribution in [3.8, 4) is 11.4 Å². The molecule has 5 N–H and O–H groups in total. The number of aromatic amines is 1. The molecule has 2 atom stereocenters. The minimum atomic E-state index is -0.923. The number of nitrogens with zero attached hydrogens (tertiary/aromatic N) is 4. The standard InChI is InChI=1S/C28H28N8O3/c1-2-17-11-12-21-22(18-7-4-3-5-8-18)15-23(27(38)36(16-25(29)37)24(21)13-17)31-28(39)30-20-10-6-9-19(14-20)26-32-34-35-33-26/h3-14,22-23H,2,15-16H2,1H3,(H2,29,37)(H2,30,31,39)(H,32,33,34,35). The lowest BCUT2D eigenvalue weighted by atomic mass is 9.85. The first-order valence-corrected chi connectivity index (χ1v) is 12.6. The number of fused-ring (bicyclic) bond motifs is 1. The van der Waals surface area contributed by atoms with Crippen LogP contribution in [0, 0.1) is 0 Å². The molecule has 4 aromatic rings. The van der Waals surface area contributed by atoms with Gasteiger partial charge in [0.2, 0.25) is 11.8 Å². The first-order valence-electron chi connectivity index (χ1n) is 12.6. The van der Waals surface area contributed by atoms with Gasteiger partial charge in [0.1, 0.15) is 12.6 Å². The maximum absolute atomic E-state index is 13.9. The Morgan fingerprint density at radius 1 is 1.08 bits per heavy atom. The van der Waals surface area contributed by atoms with Crippen molar-refractivity contribution in [3.05, 3.63) is 89.5 Å². The second kappa shape index (κ2) is 11.1. The predicted molar refractivity (Wildman–Crippen MR) is 146 cm³/mol. The van der Waals surface area contributed by atoms with Crippen molar-refractivity contribution < 1.29 is 14.4 Å². The Morgan fingerprint density at radius 2 is 1.90 bits per heavy atom. The van der Waals surface area contributed by atoms with Crippen LogP contribution < -0.4 is 21.3 Å². The van der Waals surface area contributed by atoms with Crippen LogP contribution >= 0.6 is 0 Å². The van der Waals surface area contributed by atoms with E-state index in [4.69, 9.17) is 5.73 Å². The van der Waals surface area contributed by atoms with Gasteiger partial charge in [-0.25, -0.2) is 9.89 Å². The normalized spacial score (nSPS) is 16.7. The number of amides is 4. The van der Waals surface area contributed by atoms with Gasteiger partial charge in [-0.3, -0.25) is 9.59 Å². The SMILES string of the molecule is CCc1ccc2c(c1)N(CC(N)=O)C(=O)C(NC(=O)Nc1cccc(-c3nnn[nH]3)c1)CC2c1ccccc1. The van der Waals surface area contributed by atoms with Crippen molar-refractivity contribution in [2.75, 3.05) is 16.8 Å². The first-order chi connectivity index (χ1) is 18.9. The van der Waals surface area contributed by atoms with Gasteiger partial charge in [0.15, 0.2) is 5.82 Å². The third kappa shape index (κ3) is 5.61. The summed E-state index contributed by atoms with van der Waals surface area (Å²) < 4.78 is 0. The second-order valence-electron chi connectivity index (χ2n) is 9.32. The summed E-state index contributed by atoms with van der Waals surface area (Å²) in [6, 6.07) is 21.3. The molecule has 2 heterocycles. The van der Waals surface area contributed by atoms with Crippen LogP contribution in [0.25, 0.3) is 11.4 Å². The number of aromatic nitrogens is 4. The fraction of sp³-hybridized carbons (Fsp3) is 0.214. The molecule has 1 aliphatic heterocycles. The van der Waals surface area contributed by atoms with Crippen LogP contribution in [0.3, 0.4) is 0 Å². The molecular formula is C28H28N8O3. The number of H-pyrrole nitrogens is 1. The average molecular weight is 525 g/mol. The Morgan fingerprint density at radius 3 is 2.62 bits per heavy atom. The number of hydrogen-bond acceptors (Lipinski definition) is 6. The molecule has 4 amide bonds. The third-order valence-electron chi connectivity index (χ3n) is 6.77. The van der Waals surface area contributed by atoms with Crippen molar-refractivity contribution in [3.63, 3.8) is 0 Å². The molecule has 198 valence electrons. The zero-order chi connectivity index (χ0) is 27.4. The first kappa shape index (κ1) is 25.6. The number of anilines is 2. The molecule has 39 heavy (non-hydrogen) atoms. The van der Waals surface area contributed by atoms with Crippen LogP contribution in [-0.4, -0.2) is 51.1 Å². The number of hydrogen-bond donors (Lipinski definition) is 4. The molecule has 0 radical (unpaired) electrons. The maximum atomic E-state index is 13.9. The van der Waals surface area contributed by atoms with E-state index in [1.165, 1.54) is 4.90 Å². The number of carbonyl (C=O) groups is 3. The van der Waals surface area contributed by atoms with E-state index in [1.54, 1.807) is 24.3 Å². The van der Waals surface area contributed by atoms with Gasteiger partial charge in [-0.05, 0) is 58.2 Å². The number of nitrogens with two attached hydrogens (primary N) is 1. The molecule has 0 spiro atoms. The molecule has 1 aliphatic rings. The van der Waals surface area contributed by atoms with Crippen LogP contribution in [0.1, 0.15) is 36.0 Å². The van der Waals surface area contributed by atoms with Gasteiger partial charge in [-0.15, -0.1) is 5.10 Å². The fourth-order valence-corrected chi connectivity index (χ4v) is 4.90. The lowest BCUT2D eigenvalue weighted by molar-refractivity contribution is -0.123. The van der Waals surface area contributed by atoms with Gasteiger partial charge in [0.25, 0.3) is 0 Å². The van der Waals surface area contributed by atoms with Crippen molar-refractivity contribution in [2.24, 2.45) is 5.73 Å². The second-order valence-corrected chi connectivity index (χ2v) is 9.32. The molecule has 1 aromatic heterocycles. The van der Waals surface area contributed by atoms with Gasteiger partial charge in [0.05, 0.1) is 0 Å². The monoisotopic (exact) mass is 524 g/mol. The molecule has 3 aromatic carbocycles. The Labute approximate surface area is 224 Å². The Kier molecular flexibility index (Phi) is 7.30. The summed E-state index contributed by atoms with van der Waals surface area (Å²) >= 11 is 0. The number of primary amides is 1. The van der Waals surface area contributed by atoms with Crippen LogP contribution in [0.2, 0.25) is 0 Å². The van der Waals surface area contributed by atoms with Crippen molar-refractivity contribution >= 4 is 29.2 Å². The highest BCUT2D eigenvalue weighted by atomic mass is 16.2. The number of benzene rings is 3. The molecule has 0 saturated heterocycles. The average Bonchev–Trinajstić information content (AvgIpc) is 3.46. The Hall–Kier alpha value is -5.06. The zero-order valence-electron chi connectivity index (χ0n) is 21.3. The molecule has 0 saturated carbocycles. The number of aryl methyl sites for hydroxylation is 1. The Bertz CT molecular complexity index is 1490. The van der Waals surface area contributed by atoms with Gasteiger partial charge < -0.3 is 21.3 Å². The molecule has 0 fully saturated rings. The molecular weight excluding hydrogens is 496 g/mol. The van der Waals surface area contributed by atoms with E-state index in [0.717, 1.165) is 23.1 Å². The minimum Gasteiger partial charge on any atom is -0.368 e. The van der Waals surface area contributed by atoms with Gasteiger partial charge in [-0.1, -0.05) is 61.5 Å². The van der Waals surface area contributed by atoms with E-state index >= 15 is 0 Å². The smallest absolute Gasteiger partial charge is 0.319 e. The summed E-state index contributed by atoms with van der Waals surface area (Å²) in [6.45, 7) is 1.73. The van der Waals surface area contributed by atoms with Crippen LogP contribution in [0.5, 0.6) is 0 Å². The van der Waals surface area contributed by atoms with E-state index in [0.29, 0.717) is 29.2 Å². The highest BCUT2D eigenvalue weighted by Crippen LogP contribution is 2.39. The number of carbonyl (C=O) groups excluding carboxylic acids is 3. The lowest BCUT2D eigenvalue weighted by Gasteiger charge is -2.25. The zero-order valence-corrected chi connectivity index (χ0v) is 21.3. The molecule has 11 nitrogen and oxygen atoms in total. The molecule has 11 heteroatoms. The topological polar surface area (TPSA) is 159 Å². The summed E-state index contributed by atoms with van der Waals surface area (Å²) in [6.07, 6.45) is 1.06. The summed E-state index contributed by atoms with van der Waals surface area (Å²) in [4.78, 5) is 40.5. The number of urea groups is 1. The van der Waals surface area contributed by atoms with Crippen molar-refractivity contribution in [1.82, 2.24) is 25.9 Å². The number of rotatable bonds is 7. The molecule has 5 rings (SSSR count). The summed E-state index contributed by atoms with van der Waals surface area (Å²) in [7, 11) is 0. The minimum absolute atomic E-state index is 0.207. The number of nitrogens with one attached hydrogen (secondary N) is 3. The van der Waals surface area contributed by atoms with E-state index in [-0.39, 0.29) is 12.5 Å². The van der Waals surface area contributed by atoms with Gasteiger partial charge in [0, 0.05) is 22.9 Å². The fourth-order valence-electron chi connectivity index (χ4n) is 4.90. The van der Waals surface area contributed by atoms with E-state index in [9.17, 15) is 14.4 Å². The van der Waals surface area contributed by atoms with Crippen LogP contribution in [0.15, 0.2) is 72.8 Å².